The molecule has 7 nitrogen and oxygen atoms in total. The highest BCUT2D eigenvalue weighted by Crippen LogP contribution is 2.21. The molecule has 0 amide bonds. The molecule has 0 saturated carbocycles. The van der Waals surface area contributed by atoms with Crippen molar-refractivity contribution < 1.29 is 0 Å². The van der Waals surface area contributed by atoms with Gasteiger partial charge in [0.05, 0.1) is 11.2 Å². The van der Waals surface area contributed by atoms with Crippen LogP contribution in [0.3, 0.4) is 0 Å². The second-order valence-electron chi connectivity index (χ2n) is 5.30. The first-order chi connectivity index (χ1) is 11.2. The molecule has 1 aromatic carbocycles. The fraction of sp³-hybridized carbons (Fsp3) is 0.125. The van der Waals surface area contributed by atoms with Crippen LogP contribution in [0, 0.1) is 6.92 Å². The first-order valence-corrected chi connectivity index (χ1v) is 7.23. The molecule has 7 heteroatoms. The number of nitrogens with one attached hydrogen (secondary N) is 2. The number of para-hydroxylation sites is 1. The molecule has 0 radical (unpaired) electrons. The lowest BCUT2D eigenvalue weighted by molar-refractivity contribution is 0.864. The molecule has 0 spiro atoms. The molecular formula is C16H14N6O. The number of nitrogens with zero attached hydrogens (tertiary/aromatic N) is 4. The van der Waals surface area contributed by atoms with Crippen LogP contribution in [0.1, 0.15) is 11.1 Å². The molecule has 0 saturated heterocycles. The van der Waals surface area contributed by atoms with E-state index in [-0.39, 0.29) is 5.56 Å². The Hall–Kier alpha value is -3.22. The van der Waals surface area contributed by atoms with Gasteiger partial charge in [-0.1, -0.05) is 18.2 Å². The Morgan fingerprint density at radius 2 is 2.13 bits per heavy atom. The van der Waals surface area contributed by atoms with Gasteiger partial charge in [-0.05, 0) is 19.1 Å². The van der Waals surface area contributed by atoms with Crippen LogP contribution in [0.4, 0.5) is 5.69 Å². The average Bonchev–Trinajstić information content (AvgIpc) is 3.03. The molecule has 3 aromatic heterocycles. The summed E-state index contributed by atoms with van der Waals surface area (Å²) < 4.78 is 1.53. The van der Waals surface area contributed by atoms with Crippen LogP contribution in [0.15, 0.2) is 47.7 Å². The van der Waals surface area contributed by atoms with Gasteiger partial charge in [0.1, 0.15) is 6.33 Å². The molecular weight excluding hydrogens is 292 g/mol. The summed E-state index contributed by atoms with van der Waals surface area (Å²) in [6, 6.07) is 9.83. The Morgan fingerprint density at radius 3 is 3.04 bits per heavy atom. The minimum atomic E-state index is -0.157. The Labute approximate surface area is 131 Å². The van der Waals surface area contributed by atoms with E-state index in [2.05, 4.69) is 25.6 Å². The monoisotopic (exact) mass is 306 g/mol. The van der Waals surface area contributed by atoms with Gasteiger partial charge < -0.3 is 5.32 Å². The number of aromatic nitrogens is 5. The smallest absolute Gasteiger partial charge is 0.268 e. The molecule has 23 heavy (non-hydrogen) atoms. The standard InChI is InChI=1S/C16H14N6O/c1-10-12(16(23)21-22-9-19-20-15(10)22)8-18-13-6-2-4-11-5-3-7-17-14(11)13/h2-7,9,18H,8H2,1H3,(H,21,23). The molecule has 4 aromatic rings. The van der Waals surface area contributed by atoms with Crippen molar-refractivity contribution >= 4 is 22.2 Å². The zero-order valence-electron chi connectivity index (χ0n) is 12.4. The fourth-order valence-electron chi connectivity index (χ4n) is 2.70. The van der Waals surface area contributed by atoms with Crippen LogP contribution in [-0.2, 0) is 6.54 Å². The number of pyridine rings is 1. The SMILES string of the molecule is Cc1c(CNc2cccc3cccnc23)c(=O)[nH]n2cnnc12. The minimum absolute atomic E-state index is 0.157. The van der Waals surface area contributed by atoms with Gasteiger partial charge in [-0.3, -0.25) is 14.9 Å². The summed E-state index contributed by atoms with van der Waals surface area (Å²) in [6.07, 6.45) is 3.24. The van der Waals surface area contributed by atoms with E-state index in [0.29, 0.717) is 17.8 Å². The van der Waals surface area contributed by atoms with Crippen LogP contribution in [-0.4, -0.2) is 24.8 Å². The maximum absolute atomic E-state index is 12.2. The lowest BCUT2D eigenvalue weighted by Crippen LogP contribution is -2.21. The maximum atomic E-state index is 12.2. The number of fused-ring (bicyclic) bond motifs is 2. The summed E-state index contributed by atoms with van der Waals surface area (Å²) in [5.74, 6) is 0. The Morgan fingerprint density at radius 1 is 1.26 bits per heavy atom. The van der Waals surface area contributed by atoms with Gasteiger partial charge in [0.15, 0.2) is 5.65 Å². The van der Waals surface area contributed by atoms with Crippen molar-refractivity contribution in [2.45, 2.75) is 13.5 Å². The van der Waals surface area contributed by atoms with Crippen LogP contribution in [0.25, 0.3) is 16.6 Å². The minimum Gasteiger partial charge on any atom is -0.379 e. The van der Waals surface area contributed by atoms with Crippen molar-refractivity contribution in [1.29, 1.82) is 0 Å². The normalized spacial score (nSPS) is 11.2. The molecule has 114 valence electrons. The molecule has 0 unspecified atom stereocenters. The molecule has 0 aliphatic rings. The predicted molar refractivity (Wildman–Crippen MR) is 87.4 cm³/mol. The molecule has 2 N–H and O–H groups in total. The van der Waals surface area contributed by atoms with Crippen molar-refractivity contribution in [1.82, 2.24) is 24.8 Å². The lowest BCUT2D eigenvalue weighted by atomic mass is 10.1. The molecule has 4 rings (SSSR count). The zero-order chi connectivity index (χ0) is 15.8. The van der Waals surface area contributed by atoms with Gasteiger partial charge in [0, 0.05) is 29.3 Å². The first kappa shape index (κ1) is 13.4. The molecule has 0 aliphatic heterocycles. The third-order valence-corrected chi connectivity index (χ3v) is 3.92. The number of H-pyrrole nitrogens is 1. The van der Waals surface area contributed by atoms with E-state index in [1.807, 2.05) is 37.3 Å². The van der Waals surface area contributed by atoms with Crippen molar-refractivity contribution in [2.24, 2.45) is 0 Å². The van der Waals surface area contributed by atoms with E-state index in [1.165, 1.54) is 10.8 Å². The molecule has 3 heterocycles. The Bertz CT molecular complexity index is 1060. The lowest BCUT2D eigenvalue weighted by Gasteiger charge is -2.10. The van der Waals surface area contributed by atoms with Gasteiger partial charge in [0.25, 0.3) is 5.56 Å². The number of anilines is 1. The zero-order valence-corrected chi connectivity index (χ0v) is 12.4. The summed E-state index contributed by atoms with van der Waals surface area (Å²) in [7, 11) is 0. The van der Waals surface area contributed by atoms with E-state index in [1.54, 1.807) is 6.20 Å². The van der Waals surface area contributed by atoms with Crippen LogP contribution in [0.2, 0.25) is 0 Å². The summed E-state index contributed by atoms with van der Waals surface area (Å²) >= 11 is 0. The third-order valence-electron chi connectivity index (χ3n) is 3.92. The van der Waals surface area contributed by atoms with E-state index in [9.17, 15) is 4.79 Å². The van der Waals surface area contributed by atoms with Crippen molar-refractivity contribution in [2.75, 3.05) is 5.32 Å². The number of hydrogen-bond acceptors (Lipinski definition) is 5. The third kappa shape index (κ3) is 2.22. The second-order valence-corrected chi connectivity index (χ2v) is 5.30. The first-order valence-electron chi connectivity index (χ1n) is 7.23. The number of rotatable bonds is 3. The summed E-state index contributed by atoms with van der Waals surface area (Å²) in [6.45, 7) is 2.26. The number of hydrogen-bond donors (Lipinski definition) is 2. The van der Waals surface area contributed by atoms with Crippen molar-refractivity contribution in [3.8, 4) is 0 Å². The van der Waals surface area contributed by atoms with Crippen molar-refractivity contribution in [3.05, 3.63) is 64.3 Å². The van der Waals surface area contributed by atoms with Gasteiger partial charge in [0.2, 0.25) is 0 Å². The van der Waals surface area contributed by atoms with Gasteiger partial charge in [-0.2, -0.15) is 0 Å². The van der Waals surface area contributed by atoms with Crippen LogP contribution in [0.5, 0.6) is 0 Å². The summed E-state index contributed by atoms with van der Waals surface area (Å²) in [4.78, 5) is 16.7. The van der Waals surface area contributed by atoms with E-state index in [0.717, 1.165) is 22.2 Å². The van der Waals surface area contributed by atoms with Gasteiger partial charge in [-0.25, -0.2) is 4.52 Å². The van der Waals surface area contributed by atoms with Crippen LogP contribution >= 0.6 is 0 Å². The highest BCUT2D eigenvalue weighted by molar-refractivity contribution is 5.90. The van der Waals surface area contributed by atoms with E-state index < -0.39 is 0 Å². The Balaban J connectivity index is 1.73. The predicted octanol–water partition coefficient (Wildman–Crippen LogP) is 1.89. The molecule has 0 atom stereocenters. The number of benzene rings is 1. The van der Waals surface area contributed by atoms with Gasteiger partial charge in [-0.15, -0.1) is 10.2 Å². The highest BCUT2D eigenvalue weighted by atomic mass is 16.1. The molecule has 0 bridgehead atoms. The topological polar surface area (TPSA) is 88.0 Å². The van der Waals surface area contributed by atoms with Crippen molar-refractivity contribution in [3.63, 3.8) is 0 Å². The number of aryl methyl sites for hydroxylation is 1. The quantitative estimate of drug-likeness (QED) is 0.603. The average molecular weight is 306 g/mol. The summed E-state index contributed by atoms with van der Waals surface area (Å²) in [5, 5.41) is 14.9. The number of aromatic amines is 1. The highest BCUT2D eigenvalue weighted by Gasteiger charge is 2.11. The molecule has 0 fully saturated rings. The fourth-order valence-corrected chi connectivity index (χ4v) is 2.70. The van der Waals surface area contributed by atoms with E-state index in [4.69, 9.17) is 0 Å². The van der Waals surface area contributed by atoms with E-state index >= 15 is 0 Å². The maximum Gasteiger partial charge on any atom is 0.268 e. The molecule has 0 aliphatic carbocycles. The van der Waals surface area contributed by atoms with Crippen LogP contribution < -0.4 is 10.9 Å². The Kier molecular flexibility index (Phi) is 3.04. The van der Waals surface area contributed by atoms with Gasteiger partial charge >= 0.3 is 0 Å². The summed E-state index contributed by atoms with van der Waals surface area (Å²) in [5.41, 5.74) is 3.72. The largest absolute Gasteiger partial charge is 0.379 e. The second kappa shape index (κ2) is 5.20.